The van der Waals surface area contributed by atoms with Gasteiger partial charge in [-0.1, -0.05) is 128 Å². The average molecular weight is 1680 g/mol. The highest BCUT2D eigenvalue weighted by atomic mass is 32.2. The quantitative estimate of drug-likeness (QED) is 0.0531. The summed E-state index contributed by atoms with van der Waals surface area (Å²) in [6, 6.07) is 79.3. The number of hydrogen-bond acceptors (Lipinski definition) is 28. The molecule has 30 heteroatoms. The molecule has 4 heterocycles. The Balaban J connectivity index is 0.000000138. The first kappa shape index (κ1) is 83.7. The van der Waals surface area contributed by atoms with Gasteiger partial charge in [-0.3, -0.25) is 0 Å². The van der Waals surface area contributed by atoms with Crippen molar-refractivity contribution in [3.8, 4) is 137 Å². The molecule has 16 aromatic rings. The van der Waals surface area contributed by atoms with E-state index in [0.29, 0.717) is 103 Å². The number of aromatic nitrogens is 8. The van der Waals surface area contributed by atoms with E-state index in [1.165, 1.54) is 56.2 Å². The van der Waals surface area contributed by atoms with E-state index in [1.807, 2.05) is 110 Å². The highest BCUT2D eigenvalue weighted by Crippen LogP contribution is 2.42. The van der Waals surface area contributed by atoms with Crippen molar-refractivity contribution in [1.82, 2.24) is 40.6 Å². The lowest BCUT2D eigenvalue weighted by molar-refractivity contribution is 0.355. The fourth-order valence-electron chi connectivity index (χ4n) is 11.9. The molecule has 0 atom stereocenters. The molecule has 0 amide bonds. The number of benzene rings is 12. The number of nitrogens with two attached hydrogens (primary N) is 2. The summed E-state index contributed by atoms with van der Waals surface area (Å²) in [4.78, 5) is 22.8. The molecule has 0 spiro atoms. The molecule has 4 aromatic heterocycles. The summed E-state index contributed by atoms with van der Waals surface area (Å²) >= 11 is 3.28. The summed E-state index contributed by atoms with van der Waals surface area (Å²) in [6.45, 7) is 3.98. The predicted molar refractivity (Wildman–Crippen MR) is 456 cm³/mol. The fourth-order valence-corrected chi connectivity index (χ4v) is 16.7. The summed E-state index contributed by atoms with van der Waals surface area (Å²) < 4.78 is 117. The molecule has 0 saturated heterocycles. The second-order valence-corrected chi connectivity index (χ2v) is 32.0. The molecule has 0 bridgehead atoms. The van der Waals surface area contributed by atoms with Gasteiger partial charge in [0.25, 0.3) is 23.6 Å². The van der Waals surface area contributed by atoms with Crippen molar-refractivity contribution in [1.29, 1.82) is 0 Å². The van der Waals surface area contributed by atoms with Gasteiger partial charge in [-0.05, 0) is 208 Å². The second kappa shape index (κ2) is 38.3. The van der Waals surface area contributed by atoms with Crippen LogP contribution in [0.5, 0.6) is 46.0 Å². The minimum atomic E-state index is -3.83. The van der Waals surface area contributed by atoms with Crippen molar-refractivity contribution in [3.63, 3.8) is 0 Å². The van der Waals surface area contributed by atoms with Crippen LogP contribution in [0.15, 0.2) is 324 Å². The fraction of sp³-hybridized carbons (Fsp3) is 0.111. The van der Waals surface area contributed by atoms with Crippen LogP contribution in [0.3, 0.4) is 0 Å². The monoisotopic (exact) mass is 1680 g/mol. The maximum atomic E-state index is 13.2. The predicted octanol–water partition coefficient (Wildman–Crippen LogP) is 19.4. The van der Waals surface area contributed by atoms with E-state index < -0.39 is 19.7 Å². The number of ether oxygens (including phenoxy) is 8. The molecule has 0 aliphatic carbocycles. The molecule has 0 fully saturated rings. The maximum absolute atomic E-state index is 13.2. The largest absolute Gasteiger partial charge is 0.493 e. The Kier molecular flexibility index (Phi) is 26.7. The van der Waals surface area contributed by atoms with Gasteiger partial charge in [-0.15, -0.1) is 0 Å². The molecular formula is C90H78N10O16S4. The van der Waals surface area contributed by atoms with Gasteiger partial charge in [0, 0.05) is 53.2 Å². The van der Waals surface area contributed by atoms with E-state index in [-0.39, 0.29) is 37.2 Å². The number of rotatable bonds is 24. The Bertz CT molecular complexity index is 6080. The Hall–Kier alpha value is -14.2. The molecule has 120 heavy (non-hydrogen) atoms. The number of nitrogens with zero attached hydrogens (tertiary/aromatic N) is 8. The van der Waals surface area contributed by atoms with Crippen molar-refractivity contribution in [2.24, 2.45) is 0 Å². The van der Waals surface area contributed by atoms with Crippen molar-refractivity contribution in [2.75, 3.05) is 68.3 Å². The number of anilines is 2. The van der Waals surface area contributed by atoms with E-state index in [1.54, 1.807) is 163 Å². The van der Waals surface area contributed by atoms with Gasteiger partial charge in [0.15, 0.2) is 46.0 Å². The summed E-state index contributed by atoms with van der Waals surface area (Å²) in [7, 11) is 4.95. The van der Waals surface area contributed by atoms with Crippen LogP contribution in [-0.2, 0) is 19.7 Å². The molecule has 0 radical (unpaired) electrons. The van der Waals surface area contributed by atoms with Crippen LogP contribution in [-0.4, -0.2) is 114 Å². The van der Waals surface area contributed by atoms with Crippen LogP contribution in [0.2, 0.25) is 0 Å². The Labute approximate surface area is 700 Å². The van der Waals surface area contributed by atoms with Crippen LogP contribution in [0.4, 0.5) is 11.4 Å². The zero-order valence-electron chi connectivity index (χ0n) is 66.3. The first-order valence-electron chi connectivity index (χ1n) is 36.6. The van der Waals surface area contributed by atoms with Gasteiger partial charge >= 0.3 is 0 Å². The molecule has 26 nitrogen and oxygen atoms in total. The minimum Gasteiger partial charge on any atom is -0.493 e. The standard InChI is InChI=1S/C23H20N2O5S.C23H20N2O3S.C22H19N3O5S.C22H19N3O3S/c1-15-8-11-17(12-9-15)31(26,27)21-7-5-4-6-18(21)23-24-22(25-30-23)16-10-13-19(28-2)20(14-16)29-3;1-15-8-11-17(12-9-15)29-21-7-5-4-6-18(21)23-24-22(25-28-23)16-10-13-19(26-2)20(14-16)27-3;1-28-18-12-7-14(13-19(18)29-2)21-24-22(30-25-21)17-5-3-4-6-20(17)31(26,27)16-10-8-15(23)9-11-16;1-26-18-12-7-14(13-19(18)27-2)21-24-22(28-25-21)17-5-3-4-6-20(17)29-16-10-8-15(23)9-11-16/h4-14H,1-3H3;4-14H,1-3H3;3-13H,23H2,1-2H3;3-13H,23H2,1-2H3. The lowest BCUT2D eigenvalue weighted by Crippen LogP contribution is -2.04. The molecule has 608 valence electrons. The van der Waals surface area contributed by atoms with Crippen molar-refractivity contribution in [2.45, 2.75) is 53.0 Å². The van der Waals surface area contributed by atoms with Crippen molar-refractivity contribution < 1.29 is 72.8 Å². The molecule has 0 aliphatic rings. The molecule has 0 unspecified atom stereocenters. The van der Waals surface area contributed by atoms with Crippen LogP contribution < -0.4 is 49.4 Å². The summed E-state index contributed by atoms with van der Waals surface area (Å²) in [5.74, 6) is 7.38. The van der Waals surface area contributed by atoms with Gasteiger partial charge in [-0.2, -0.15) is 19.9 Å². The highest BCUT2D eigenvalue weighted by Gasteiger charge is 2.28. The molecule has 0 aliphatic heterocycles. The van der Waals surface area contributed by atoms with Gasteiger partial charge in [0.2, 0.25) is 43.0 Å². The van der Waals surface area contributed by atoms with Crippen LogP contribution in [0.25, 0.3) is 91.4 Å². The van der Waals surface area contributed by atoms with Crippen LogP contribution >= 0.6 is 23.5 Å². The number of hydrogen-bond donors (Lipinski definition) is 2. The van der Waals surface area contributed by atoms with Gasteiger partial charge < -0.3 is 67.5 Å². The average Bonchev–Trinajstić information content (AvgIpc) is 0.957. The molecule has 16 rings (SSSR count). The first-order valence-corrected chi connectivity index (χ1v) is 41.2. The second-order valence-electron chi connectivity index (χ2n) is 25.9. The zero-order valence-corrected chi connectivity index (χ0v) is 69.6. The Morgan fingerprint density at radius 1 is 0.283 bits per heavy atom. The van der Waals surface area contributed by atoms with Crippen molar-refractivity contribution >= 4 is 54.6 Å². The third-order valence-electron chi connectivity index (χ3n) is 18.2. The normalized spacial score (nSPS) is 11.0. The molecule has 0 saturated carbocycles. The van der Waals surface area contributed by atoms with E-state index >= 15 is 0 Å². The van der Waals surface area contributed by atoms with E-state index in [4.69, 9.17) is 67.5 Å². The van der Waals surface area contributed by atoms with E-state index in [2.05, 4.69) is 77.8 Å². The minimum absolute atomic E-state index is 0.0577. The van der Waals surface area contributed by atoms with E-state index in [0.717, 1.165) is 53.1 Å². The van der Waals surface area contributed by atoms with Crippen LogP contribution in [0.1, 0.15) is 11.1 Å². The van der Waals surface area contributed by atoms with Crippen molar-refractivity contribution in [3.05, 3.63) is 278 Å². The third-order valence-corrected chi connectivity index (χ3v) is 24.0. The number of methoxy groups -OCH3 is 8. The molecule has 4 N–H and O–H groups in total. The van der Waals surface area contributed by atoms with Gasteiger partial charge in [0.1, 0.15) is 0 Å². The summed E-state index contributed by atoms with van der Waals surface area (Å²) in [6.07, 6.45) is 0. The highest BCUT2D eigenvalue weighted by molar-refractivity contribution is 7.99. The SMILES string of the molecule is COc1ccc(-c2noc(-c3ccccc3S(=O)(=O)c3ccc(C)cc3)n2)cc1OC.COc1ccc(-c2noc(-c3ccccc3S(=O)(=O)c3ccc(N)cc3)n2)cc1OC.COc1ccc(-c2noc(-c3ccccc3Sc3ccc(C)cc3)n2)cc1OC.COc1ccc(-c2noc(-c3ccccc3Sc3ccc(N)cc3)n2)cc1OC. The number of aryl methyl sites for hydroxylation is 2. The van der Waals surface area contributed by atoms with Gasteiger partial charge in [-0.25, -0.2) is 16.8 Å². The third kappa shape index (κ3) is 19.4. The van der Waals surface area contributed by atoms with E-state index in [9.17, 15) is 16.8 Å². The zero-order chi connectivity index (χ0) is 84.5. The Morgan fingerprint density at radius 2 is 0.533 bits per heavy atom. The Morgan fingerprint density at radius 3 is 0.842 bits per heavy atom. The summed E-state index contributed by atoms with van der Waals surface area (Å²) in [5.41, 5.74) is 20.1. The first-order chi connectivity index (χ1) is 58.2. The molecular weight excluding hydrogens is 1610 g/mol. The molecule has 12 aromatic carbocycles. The smallest absolute Gasteiger partial charge is 0.259 e. The van der Waals surface area contributed by atoms with Gasteiger partial charge in [0.05, 0.1) is 98.7 Å². The topological polar surface area (TPSA) is 350 Å². The maximum Gasteiger partial charge on any atom is 0.259 e. The van der Waals surface area contributed by atoms with Crippen LogP contribution in [0, 0.1) is 13.8 Å². The summed E-state index contributed by atoms with van der Waals surface area (Å²) in [5, 5.41) is 16.3. The number of nitrogen functional groups attached to an aromatic ring is 2. The number of sulfone groups is 2. The lowest BCUT2D eigenvalue weighted by Gasteiger charge is -2.08. The lowest BCUT2D eigenvalue weighted by atomic mass is 10.2.